The second kappa shape index (κ2) is 9.43. The summed E-state index contributed by atoms with van der Waals surface area (Å²) >= 11 is 0. The van der Waals surface area contributed by atoms with Crippen molar-refractivity contribution >= 4 is 28.2 Å². The first-order chi connectivity index (χ1) is 12.0. The van der Waals surface area contributed by atoms with Gasteiger partial charge in [0.25, 0.3) is 0 Å². The number of fused-ring (bicyclic) bond motifs is 1. The number of sulfone groups is 1. The highest BCUT2D eigenvalue weighted by molar-refractivity contribution is 7.91. The molecule has 0 spiro atoms. The summed E-state index contributed by atoms with van der Waals surface area (Å²) in [4.78, 5) is 12.2. The molecule has 2 heterocycles. The van der Waals surface area contributed by atoms with Gasteiger partial charge in [-0.05, 0) is 38.1 Å². The van der Waals surface area contributed by atoms with E-state index >= 15 is 0 Å². The van der Waals surface area contributed by atoms with Crippen molar-refractivity contribution in [1.29, 1.82) is 0 Å². The lowest BCUT2D eigenvalue weighted by atomic mass is 10.1. The van der Waals surface area contributed by atoms with Gasteiger partial charge in [0.15, 0.2) is 21.3 Å². The third-order valence-corrected chi connectivity index (χ3v) is 6.09. The zero-order valence-electron chi connectivity index (χ0n) is 14.5. The number of carbonyl (C=O) groups is 1. The van der Waals surface area contributed by atoms with Crippen LogP contribution in [0.2, 0.25) is 0 Å². The van der Waals surface area contributed by atoms with Gasteiger partial charge in [-0.2, -0.15) is 0 Å². The van der Waals surface area contributed by atoms with Crippen LogP contribution < -0.4 is 20.1 Å². The van der Waals surface area contributed by atoms with Crippen LogP contribution >= 0.6 is 12.4 Å². The molecule has 0 unspecified atom stereocenters. The minimum atomic E-state index is -3.55. The second-order valence-electron chi connectivity index (χ2n) is 6.32. The molecule has 2 aliphatic heterocycles. The zero-order valence-corrected chi connectivity index (χ0v) is 16.2. The maximum absolute atomic E-state index is 12.5. The van der Waals surface area contributed by atoms with E-state index in [9.17, 15) is 13.2 Å². The van der Waals surface area contributed by atoms with E-state index in [1.165, 1.54) is 12.1 Å². The van der Waals surface area contributed by atoms with Crippen molar-refractivity contribution in [1.82, 2.24) is 10.6 Å². The van der Waals surface area contributed by atoms with Gasteiger partial charge < -0.3 is 20.1 Å². The Kier molecular flexibility index (Phi) is 7.55. The van der Waals surface area contributed by atoms with Crippen LogP contribution in [0.25, 0.3) is 0 Å². The van der Waals surface area contributed by atoms with E-state index in [-0.39, 0.29) is 41.4 Å². The number of hydrogen-bond donors (Lipinski definition) is 2. The van der Waals surface area contributed by atoms with Crippen LogP contribution in [0.1, 0.15) is 25.7 Å². The molecule has 3 rings (SSSR count). The number of hydrogen-bond acceptors (Lipinski definition) is 6. The topological polar surface area (TPSA) is 93.7 Å². The van der Waals surface area contributed by atoms with E-state index in [4.69, 9.17) is 9.47 Å². The summed E-state index contributed by atoms with van der Waals surface area (Å²) in [5.74, 6) is 0.561. The van der Waals surface area contributed by atoms with Crippen LogP contribution in [0.15, 0.2) is 23.1 Å². The van der Waals surface area contributed by atoms with Gasteiger partial charge in [-0.15, -0.1) is 12.4 Å². The molecule has 1 amide bonds. The fourth-order valence-corrected chi connectivity index (χ4v) is 4.20. The van der Waals surface area contributed by atoms with Gasteiger partial charge >= 0.3 is 0 Å². The van der Waals surface area contributed by atoms with Crippen molar-refractivity contribution in [2.45, 2.75) is 36.6 Å². The van der Waals surface area contributed by atoms with Gasteiger partial charge in [0.05, 0.1) is 23.9 Å². The maximum Gasteiger partial charge on any atom is 0.221 e. The van der Waals surface area contributed by atoms with Crippen molar-refractivity contribution in [2.75, 3.05) is 32.1 Å². The lowest BCUT2D eigenvalue weighted by Gasteiger charge is -2.23. The third kappa shape index (κ3) is 5.49. The van der Waals surface area contributed by atoms with Crippen molar-refractivity contribution < 1.29 is 22.7 Å². The molecule has 1 aromatic rings. The minimum absolute atomic E-state index is 0. The molecule has 2 N–H and O–H groups in total. The van der Waals surface area contributed by atoms with Crippen LogP contribution in [0, 0.1) is 0 Å². The van der Waals surface area contributed by atoms with E-state index in [0.717, 1.165) is 32.4 Å². The Morgan fingerprint density at radius 2 is 1.85 bits per heavy atom. The summed E-state index contributed by atoms with van der Waals surface area (Å²) in [5.41, 5.74) is 0. The van der Waals surface area contributed by atoms with E-state index in [2.05, 4.69) is 10.6 Å². The molecule has 26 heavy (non-hydrogen) atoms. The fraction of sp³-hybridized carbons (Fsp3) is 0.588. The quantitative estimate of drug-likeness (QED) is 0.768. The average molecular weight is 405 g/mol. The number of ether oxygens (including phenoxy) is 2. The predicted octanol–water partition coefficient (Wildman–Crippen LogP) is 1.30. The van der Waals surface area contributed by atoms with Gasteiger partial charge in [0.1, 0.15) is 0 Å². The number of carbonyl (C=O) groups excluding carboxylic acids is 1. The Balaban J connectivity index is 0.00000243. The predicted molar refractivity (Wildman–Crippen MR) is 100 cm³/mol. The van der Waals surface area contributed by atoms with Gasteiger partial charge in [0.2, 0.25) is 5.91 Å². The SMILES string of the molecule is Cl.O=C(CCS(=O)(=O)c1ccc2c(c1)OCCCO2)NC1CCNCC1. The molecule has 1 saturated heterocycles. The summed E-state index contributed by atoms with van der Waals surface area (Å²) in [6.45, 7) is 2.80. The second-order valence-corrected chi connectivity index (χ2v) is 8.43. The van der Waals surface area contributed by atoms with E-state index in [1.54, 1.807) is 6.07 Å². The van der Waals surface area contributed by atoms with Gasteiger partial charge in [-0.25, -0.2) is 8.42 Å². The minimum Gasteiger partial charge on any atom is -0.490 e. The Morgan fingerprint density at radius 1 is 1.15 bits per heavy atom. The van der Waals surface area contributed by atoms with Crippen LogP contribution in [0.3, 0.4) is 0 Å². The van der Waals surface area contributed by atoms with Crippen molar-refractivity contribution in [3.8, 4) is 11.5 Å². The van der Waals surface area contributed by atoms with Crippen molar-refractivity contribution in [3.05, 3.63) is 18.2 Å². The lowest BCUT2D eigenvalue weighted by molar-refractivity contribution is -0.121. The lowest BCUT2D eigenvalue weighted by Crippen LogP contribution is -2.43. The summed E-state index contributed by atoms with van der Waals surface area (Å²) in [6.07, 6.45) is 2.47. The van der Waals surface area contributed by atoms with Crippen molar-refractivity contribution in [2.24, 2.45) is 0 Å². The molecule has 0 aliphatic carbocycles. The molecule has 146 valence electrons. The number of nitrogens with one attached hydrogen (secondary N) is 2. The van der Waals surface area contributed by atoms with Gasteiger partial charge in [0, 0.05) is 24.9 Å². The normalized spacial score (nSPS) is 17.7. The number of halogens is 1. The van der Waals surface area contributed by atoms with Gasteiger partial charge in [-0.3, -0.25) is 4.79 Å². The molecule has 0 bridgehead atoms. The molecule has 1 fully saturated rings. The molecule has 0 aromatic heterocycles. The molecule has 9 heteroatoms. The largest absolute Gasteiger partial charge is 0.490 e. The molecule has 0 radical (unpaired) electrons. The first-order valence-corrected chi connectivity index (χ1v) is 10.3. The summed E-state index contributed by atoms with van der Waals surface area (Å²) < 4.78 is 36.1. The van der Waals surface area contributed by atoms with Gasteiger partial charge in [-0.1, -0.05) is 0 Å². The number of rotatable bonds is 5. The van der Waals surface area contributed by atoms with Crippen LogP contribution in [0.4, 0.5) is 0 Å². The summed E-state index contributed by atoms with van der Waals surface area (Å²) in [6, 6.07) is 4.74. The van der Waals surface area contributed by atoms with E-state index in [1.807, 2.05) is 0 Å². The monoisotopic (exact) mass is 404 g/mol. The Labute approximate surface area is 160 Å². The standard InChI is InChI=1S/C17H24N2O5S.ClH/c20-17(19-13-4-7-18-8-5-13)6-11-25(21,22)14-2-3-15-16(12-14)24-10-1-9-23-15;/h2-3,12-13,18H,1,4-11H2,(H,19,20);1H. The summed E-state index contributed by atoms with van der Waals surface area (Å²) in [7, 11) is -3.55. The van der Waals surface area contributed by atoms with Crippen LogP contribution in [-0.4, -0.2) is 52.4 Å². The number of benzene rings is 1. The van der Waals surface area contributed by atoms with Crippen LogP contribution in [-0.2, 0) is 14.6 Å². The summed E-state index contributed by atoms with van der Waals surface area (Å²) in [5, 5.41) is 6.14. The number of piperidine rings is 1. The molecule has 0 atom stereocenters. The van der Waals surface area contributed by atoms with Crippen LogP contribution in [0.5, 0.6) is 11.5 Å². The first kappa shape index (κ1) is 20.8. The molecular weight excluding hydrogens is 380 g/mol. The molecular formula is C17H25ClN2O5S. The molecule has 7 nitrogen and oxygen atoms in total. The fourth-order valence-electron chi connectivity index (χ4n) is 2.95. The Bertz CT molecular complexity index is 720. The van der Waals surface area contributed by atoms with Crippen molar-refractivity contribution in [3.63, 3.8) is 0 Å². The highest BCUT2D eigenvalue weighted by Gasteiger charge is 2.21. The maximum atomic E-state index is 12.5. The Hall–Kier alpha value is -1.51. The zero-order chi connectivity index (χ0) is 17.7. The Morgan fingerprint density at radius 3 is 2.58 bits per heavy atom. The third-order valence-electron chi connectivity index (χ3n) is 4.38. The van der Waals surface area contributed by atoms with E-state index < -0.39 is 9.84 Å². The first-order valence-electron chi connectivity index (χ1n) is 8.67. The number of amides is 1. The highest BCUT2D eigenvalue weighted by Crippen LogP contribution is 2.32. The average Bonchev–Trinajstić information content (AvgIpc) is 2.86. The molecule has 2 aliphatic rings. The smallest absolute Gasteiger partial charge is 0.221 e. The van der Waals surface area contributed by atoms with E-state index in [0.29, 0.717) is 24.7 Å². The highest BCUT2D eigenvalue weighted by atomic mass is 35.5. The molecule has 1 aromatic carbocycles. The molecule has 0 saturated carbocycles.